The van der Waals surface area contributed by atoms with Crippen LogP contribution in [0.25, 0.3) is 0 Å². The highest BCUT2D eigenvalue weighted by molar-refractivity contribution is 5.25. The molecule has 1 aromatic rings. The maximum atomic E-state index is 5.35. The Morgan fingerprint density at radius 1 is 1.26 bits per heavy atom. The molecule has 0 aromatic heterocycles. The van der Waals surface area contributed by atoms with Crippen LogP contribution in [-0.4, -0.2) is 44.3 Å². The van der Waals surface area contributed by atoms with Gasteiger partial charge in [-0.2, -0.15) is 0 Å². The minimum Gasteiger partial charge on any atom is -0.379 e. The molecular weight excluding hydrogens is 236 g/mol. The summed E-state index contributed by atoms with van der Waals surface area (Å²) in [5, 5.41) is 3.53. The molecule has 1 N–H and O–H groups in total. The quantitative estimate of drug-likeness (QED) is 0.796. The summed E-state index contributed by atoms with van der Waals surface area (Å²) in [6.45, 7) is 11.5. The predicted octanol–water partition coefficient (Wildman–Crippen LogP) is 2.23. The third kappa shape index (κ3) is 4.94. The lowest BCUT2D eigenvalue weighted by Crippen LogP contribution is -2.40. The molecule has 106 valence electrons. The second-order valence-corrected chi connectivity index (χ2v) is 5.53. The molecule has 2 rings (SSSR count). The zero-order chi connectivity index (χ0) is 13.5. The Hall–Kier alpha value is -0.900. The fraction of sp³-hybridized carbons (Fsp3) is 0.625. The minimum absolute atomic E-state index is 0.605. The van der Waals surface area contributed by atoms with Crippen LogP contribution in [-0.2, 0) is 11.3 Å². The van der Waals surface area contributed by atoms with Crippen LogP contribution in [0.4, 0.5) is 0 Å². The van der Waals surface area contributed by atoms with E-state index < -0.39 is 0 Å². The van der Waals surface area contributed by atoms with Crippen molar-refractivity contribution in [3.05, 3.63) is 35.4 Å². The molecule has 3 heteroatoms. The molecule has 0 saturated carbocycles. The average Bonchev–Trinajstić information content (AvgIpc) is 2.45. The first-order chi connectivity index (χ1) is 9.25. The van der Waals surface area contributed by atoms with E-state index in [0.717, 1.165) is 45.9 Å². The van der Waals surface area contributed by atoms with Crippen molar-refractivity contribution < 1.29 is 4.74 Å². The predicted molar refractivity (Wildman–Crippen MR) is 79.5 cm³/mol. The summed E-state index contributed by atoms with van der Waals surface area (Å²) in [4.78, 5) is 2.46. The van der Waals surface area contributed by atoms with Crippen LogP contribution in [0.1, 0.15) is 30.9 Å². The van der Waals surface area contributed by atoms with Crippen LogP contribution in [0, 0.1) is 0 Å². The van der Waals surface area contributed by atoms with Crippen molar-refractivity contribution in [1.82, 2.24) is 10.2 Å². The number of ether oxygens (including phenoxy) is 1. The summed E-state index contributed by atoms with van der Waals surface area (Å²) in [7, 11) is 0. The Labute approximate surface area is 116 Å². The van der Waals surface area contributed by atoms with Crippen molar-refractivity contribution in [3.8, 4) is 0 Å². The summed E-state index contributed by atoms with van der Waals surface area (Å²) < 4.78 is 5.35. The van der Waals surface area contributed by atoms with Gasteiger partial charge >= 0.3 is 0 Å². The summed E-state index contributed by atoms with van der Waals surface area (Å²) in [6, 6.07) is 8.89. The van der Waals surface area contributed by atoms with E-state index in [4.69, 9.17) is 4.74 Å². The van der Waals surface area contributed by atoms with Crippen molar-refractivity contribution in [2.24, 2.45) is 0 Å². The van der Waals surface area contributed by atoms with Crippen LogP contribution in [0.15, 0.2) is 24.3 Å². The van der Waals surface area contributed by atoms with Crippen molar-refractivity contribution in [2.75, 3.05) is 39.4 Å². The molecule has 0 aliphatic carbocycles. The average molecular weight is 262 g/mol. The summed E-state index contributed by atoms with van der Waals surface area (Å²) in [6.07, 6.45) is 0. The molecule has 1 fully saturated rings. The summed E-state index contributed by atoms with van der Waals surface area (Å²) in [5.74, 6) is 0.605. The zero-order valence-electron chi connectivity index (χ0n) is 12.2. The topological polar surface area (TPSA) is 24.5 Å². The molecule has 0 radical (unpaired) electrons. The second-order valence-electron chi connectivity index (χ2n) is 5.53. The third-order valence-electron chi connectivity index (χ3n) is 3.66. The van der Waals surface area contributed by atoms with Gasteiger partial charge in [0.2, 0.25) is 0 Å². The molecule has 0 atom stereocenters. The van der Waals surface area contributed by atoms with Gasteiger partial charge in [-0.1, -0.05) is 38.1 Å². The van der Waals surface area contributed by atoms with E-state index in [1.807, 2.05) is 0 Å². The Morgan fingerprint density at radius 2 is 2.05 bits per heavy atom. The maximum Gasteiger partial charge on any atom is 0.0594 e. The molecule has 0 amide bonds. The first-order valence-corrected chi connectivity index (χ1v) is 7.35. The number of rotatable bonds is 6. The van der Waals surface area contributed by atoms with Crippen LogP contribution in [0.5, 0.6) is 0 Å². The third-order valence-corrected chi connectivity index (χ3v) is 3.66. The molecule has 1 aliphatic heterocycles. The van der Waals surface area contributed by atoms with Gasteiger partial charge in [0.25, 0.3) is 0 Å². The lowest BCUT2D eigenvalue weighted by Gasteiger charge is -2.26. The Balaban J connectivity index is 1.68. The van der Waals surface area contributed by atoms with Gasteiger partial charge in [0.15, 0.2) is 0 Å². The van der Waals surface area contributed by atoms with E-state index >= 15 is 0 Å². The highest BCUT2D eigenvalue weighted by Gasteiger charge is 2.08. The first kappa shape index (κ1) is 14.5. The minimum atomic E-state index is 0.605. The molecule has 0 bridgehead atoms. The molecule has 3 nitrogen and oxygen atoms in total. The summed E-state index contributed by atoms with van der Waals surface area (Å²) in [5.41, 5.74) is 2.81. The van der Waals surface area contributed by atoms with E-state index in [-0.39, 0.29) is 0 Å². The number of nitrogens with zero attached hydrogens (tertiary/aromatic N) is 1. The van der Waals surface area contributed by atoms with Gasteiger partial charge in [-0.05, 0) is 17.0 Å². The normalized spacial score (nSPS) is 17.0. The number of morpholine rings is 1. The Kier molecular flexibility index (Phi) is 5.83. The van der Waals surface area contributed by atoms with Crippen LogP contribution in [0.3, 0.4) is 0 Å². The van der Waals surface area contributed by atoms with Crippen LogP contribution < -0.4 is 5.32 Å². The summed E-state index contributed by atoms with van der Waals surface area (Å²) >= 11 is 0. The molecule has 0 spiro atoms. The molecule has 1 aliphatic rings. The molecule has 1 aromatic carbocycles. The highest BCUT2D eigenvalue weighted by atomic mass is 16.5. The van der Waals surface area contributed by atoms with Gasteiger partial charge < -0.3 is 10.1 Å². The smallest absolute Gasteiger partial charge is 0.0594 e. The van der Waals surface area contributed by atoms with E-state index in [9.17, 15) is 0 Å². The molecule has 1 heterocycles. The largest absolute Gasteiger partial charge is 0.379 e. The maximum absolute atomic E-state index is 5.35. The van der Waals surface area contributed by atoms with Crippen LogP contribution >= 0.6 is 0 Å². The Morgan fingerprint density at radius 3 is 2.79 bits per heavy atom. The van der Waals surface area contributed by atoms with Crippen LogP contribution in [0.2, 0.25) is 0 Å². The molecule has 0 unspecified atom stereocenters. The number of nitrogens with one attached hydrogen (secondary N) is 1. The van der Waals surface area contributed by atoms with E-state index in [1.165, 1.54) is 11.1 Å². The number of benzene rings is 1. The molecule has 19 heavy (non-hydrogen) atoms. The lowest BCUT2D eigenvalue weighted by molar-refractivity contribution is 0.0384. The van der Waals surface area contributed by atoms with Gasteiger partial charge in [-0.15, -0.1) is 0 Å². The van der Waals surface area contributed by atoms with Gasteiger partial charge in [0.1, 0.15) is 0 Å². The van der Waals surface area contributed by atoms with E-state index in [1.54, 1.807) is 0 Å². The van der Waals surface area contributed by atoms with E-state index in [2.05, 4.69) is 48.3 Å². The molecular formula is C16H26N2O. The van der Waals surface area contributed by atoms with E-state index in [0.29, 0.717) is 5.92 Å². The monoisotopic (exact) mass is 262 g/mol. The number of hydrogen-bond donors (Lipinski definition) is 1. The van der Waals surface area contributed by atoms with Crippen molar-refractivity contribution in [2.45, 2.75) is 26.3 Å². The standard InChI is InChI=1S/C16H26N2O/c1-14(2)16-5-3-4-15(12-16)13-17-6-7-18-8-10-19-11-9-18/h3-5,12,14,17H,6-11,13H2,1-2H3. The highest BCUT2D eigenvalue weighted by Crippen LogP contribution is 2.15. The number of hydrogen-bond acceptors (Lipinski definition) is 3. The van der Waals surface area contributed by atoms with Gasteiger partial charge in [0.05, 0.1) is 13.2 Å². The lowest BCUT2D eigenvalue weighted by atomic mass is 10.0. The van der Waals surface area contributed by atoms with Gasteiger partial charge in [-0.3, -0.25) is 4.90 Å². The van der Waals surface area contributed by atoms with Crippen molar-refractivity contribution >= 4 is 0 Å². The zero-order valence-corrected chi connectivity index (χ0v) is 12.2. The van der Waals surface area contributed by atoms with Crippen molar-refractivity contribution in [3.63, 3.8) is 0 Å². The second kappa shape index (κ2) is 7.63. The van der Waals surface area contributed by atoms with Gasteiger partial charge in [0, 0.05) is 32.7 Å². The van der Waals surface area contributed by atoms with Crippen molar-refractivity contribution in [1.29, 1.82) is 0 Å². The SMILES string of the molecule is CC(C)c1cccc(CNCCN2CCOCC2)c1. The fourth-order valence-corrected chi connectivity index (χ4v) is 2.36. The fourth-order valence-electron chi connectivity index (χ4n) is 2.36. The first-order valence-electron chi connectivity index (χ1n) is 7.35. The Bertz CT molecular complexity index is 373. The molecule has 1 saturated heterocycles. The van der Waals surface area contributed by atoms with Gasteiger partial charge in [-0.25, -0.2) is 0 Å².